The van der Waals surface area contributed by atoms with Crippen molar-refractivity contribution < 1.29 is 13.9 Å². The molecule has 1 aromatic carbocycles. The van der Waals surface area contributed by atoms with E-state index in [2.05, 4.69) is 4.74 Å². The van der Waals surface area contributed by atoms with Crippen LogP contribution in [0, 0.1) is 5.82 Å². The Balaban J connectivity index is 2.47. The van der Waals surface area contributed by atoms with Gasteiger partial charge in [0.25, 0.3) is 0 Å². The van der Waals surface area contributed by atoms with Crippen LogP contribution in [0.2, 0.25) is 0 Å². The second-order valence-electron chi connectivity index (χ2n) is 3.37. The number of ether oxygens (including phenoxy) is 1. The van der Waals surface area contributed by atoms with Crippen LogP contribution in [-0.2, 0) is 16.0 Å². The molecule has 1 unspecified atom stereocenters. The van der Waals surface area contributed by atoms with Gasteiger partial charge in [0.1, 0.15) is 5.82 Å². The highest BCUT2D eigenvalue weighted by Crippen LogP contribution is 2.06. The van der Waals surface area contributed by atoms with E-state index in [0.29, 0.717) is 6.42 Å². The number of carbonyl (C=O) groups excluding carboxylic acids is 1. The summed E-state index contributed by atoms with van der Waals surface area (Å²) in [4.78, 5) is 10.9. The molecule has 0 heterocycles. The molecule has 1 aromatic rings. The second-order valence-corrected chi connectivity index (χ2v) is 3.37. The van der Waals surface area contributed by atoms with E-state index in [9.17, 15) is 9.18 Å². The number of hydrogen-bond donors (Lipinski definition) is 1. The number of carbonyl (C=O) groups is 1. The molecule has 0 saturated heterocycles. The minimum Gasteiger partial charge on any atom is -0.469 e. The molecule has 0 saturated carbocycles. The van der Waals surface area contributed by atoms with Gasteiger partial charge < -0.3 is 10.5 Å². The highest BCUT2D eigenvalue weighted by Gasteiger charge is 2.10. The third kappa shape index (κ3) is 4.08. The summed E-state index contributed by atoms with van der Waals surface area (Å²) in [6.45, 7) is 0. The van der Waals surface area contributed by atoms with E-state index in [1.54, 1.807) is 12.1 Å². The highest BCUT2D eigenvalue weighted by atomic mass is 19.1. The summed E-state index contributed by atoms with van der Waals surface area (Å²) in [6, 6.07) is 5.78. The maximum atomic E-state index is 12.6. The molecule has 4 heteroatoms. The summed E-state index contributed by atoms with van der Waals surface area (Å²) in [7, 11) is 1.33. The van der Waals surface area contributed by atoms with Gasteiger partial charge in [-0.25, -0.2) is 4.39 Å². The number of nitrogens with two attached hydrogens (primary N) is 1. The second kappa shape index (κ2) is 5.46. The Labute approximate surface area is 88.0 Å². The third-order valence-electron chi connectivity index (χ3n) is 2.07. The van der Waals surface area contributed by atoms with Gasteiger partial charge in [0.05, 0.1) is 13.5 Å². The van der Waals surface area contributed by atoms with E-state index < -0.39 is 0 Å². The summed E-state index contributed by atoms with van der Waals surface area (Å²) in [5.41, 5.74) is 6.64. The lowest BCUT2D eigenvalue weighted by atomic mass is 10.0. The molecule has 0 aliphatic rings. The highest BCUT2D eigenvalue weighted by molar-refractivity contribution is 5.69. The molecule has 2 N–H and O–H groups in total. The predicted octanol–water partition coefficient (Wildman–Crippen LogP) is 1.26. The van der Waals surface area contributed by atoms with E-state index >= 15 is 0 Å². The predicted molar refractivity (Wildman–Crippen MR) is 54.7 cm³/mol. The fourth-order valence-corrected chi connectivity index (χ4v) is 1.29. The van der Waals surface area contributed by atoms with E-state index in [-0.39, 0.29) is 24.2 Å². The van der Waals surface area contributed by atoms with Gasteiger partial charge in [0.2, 0.25) is 0 Å². The van der Waals surface area contributed by atoms with Crippen molar-refractivity contribution in [2.75, 3.05) is 7.11 Å². The SMILES string of the molecule is COC(=O)CC(N)Cc1ccc(F)cc1. The number of benzene rings is 1. The average molecular weight is 211 g/mol. The molecule has 0 amide bonds. The van der Waals surface area contributed by atoms with Gasteiger partial charge in [-0.2, -0.15) is 0 Å². The Bertz CT molecular complexity index is 324. The molecular weight excluding hydrogens is 197 g/mol. The van der Waals surface area contributed by atoms with E-state index in [4.69, 9.17) is 5.73 Å². The summed E-state index contributed by atoms with van der Waals surface area (Å²) < 4.78 is 17.1. The van der Waals surface area contributed by atoms with Gasteiger partial charge in [0.15, 0.2) is 0 Å². The van der Waals surface area contributed by atoms with Crippen molar-refractivity contribution in [3.63, 3.8) is 0 Å². The molecule has 82 valence electrons. The number of rotatable bonds is 4. The van der Waals surface area contributed by atoms with Crippen LogP contribution < -0.4 is 5.73 Å². The minimum atomic E-state index is -0.329. The molecule has 1 atom stereocenters. The van der Waals surface area contributed by atoms with Crippen LogP contribution in [0.15, 0.2) is 24.3 Å². The van der Waals surface area contributed by atoms with Crippen LogP contribution in [0.1, 0.15) is 12.0 Å². The van der Waals surface area contributed by atoms with Crippen LogP contribution in [0.3, 0.4) is 0 Å². The Morgan fingerprint density at radius 2 is 2.07 bits per heavy atom. The van der Waals surface area contributed by atoms with E-state index in [1.807, 2.05) is 0 Å². The maximum absolute atomic E-state index is 12.6. The Morgan fingerprint density at radius 3 is 2.60 bits per heavy atom. The Morgan fingerprint density at radius 1 is 1.47 bits per heavy atom. The lowest BCUT2D eigenvalue weighted by molar-refractivity contribution is -0.140. The van der Waals surface area contributed by atoms with Crippen LogP contribution in [0.4, 0.5) is 4.39 Å². The minimum absolute atomic E-state index is 0.174. The summed E-state index contributed by atoms with van der Waals surface area (Å²) in [5.74, 6) is -0.607. The fourth-order valence-electron chi connectivity index (χ4n) is 1.29. The normalized spacial score (nSPS) is 12.2. The molecule has 0 aromatic heterocycles. The van der Waals surface area contributed by atoms with Gasteiger partial charge in [-0.05, 0) is 24.1 Å². The molecule has 0 aliphatic carbocycles. The lowest BCUT2D eigenvalue weighted by Crippen LogP contribution is -2.26. The quantitative estimate of drug-likeness (QED) is 0.763. The first-order chi connectivity index (χ1) is 7.11. The molecule has 1 rings (SSSR count). The summed E-state index contributed by atoms with van der Waals surface area (Å²) >= 11 is 0. The van der Waals surface area contributed by atoms with Crippen LogP contribution in [0.25, 0.3) is 0 Å². The molecule has 0 spiro atoms. The third-order valence-corrected chi connectivity index (χ3v) is 2.07. The number of halogens is 1. The largest absolute Gasteiger partial charge is 0.469 e. The Hall–Kier alpha value is -1.42. The molecular formula is C11H14FNO2. The monoisotopic (exact) mass is 211 g/mol. The van der Waals surface area contributed by atoms with Gasteiger partial charge in [-0.1, -0.05) is 12.1 Å². The maximum Gasteiger partial charge on any atom is 0.307 e. The first-order valence-corrected chi connectivity index (χ1v) is 4.68. The van der Waals surface area contributed by atoms with E-state index in [0.717, 1.165) is 5.56 Å². The van der Waals surface area contributed by atoms with Gasteiger partial charge in [-0.3, -0.25) is 4.79 Å². The first-order valence-electron chi connectivity index (χ1n) is 4.68. The van der Waals surface area contributed by atoms with Crippen molar-refractivity contribution in [3.8, 4) is 0 Å². The van der Waals surface area contributed by atoms with Crippen molar-refractivity contribution in [2.45, 2.75) is 18.9 Å². The number of hydrogen-bond acceptors (Lipinski definition) is 3. The van der Waals surface area contributed by atoms with Crippen molar-refractivity contribution in [3.05, 3.63) is 35.6 Å². The van der Waals surface area contributed by atoms with Crippen LogP contribution in [-0.4, -0.2) is 19.1 Å². The lowest BCUT2D eigenvalue weighted by Gasteiger charge is -2.09. The molecule has 0 aliphatic heterocycles. The standard InChI is InChI=1S/C11H14FNO2/c1-15-11(14)7-10(13)6-8-2-4-9(12)5-3-8/h2-5,10H,6-7,13H2,1H3. The molecule has 15 heavy (non-hydrogen) atoms. The number of methoxy groups -OCH3 is 1. The van der Waals surface area contributed by atoms with Crippen molar-refractivity contribution >= 4 is 5.97 Å². The zero-order valence-electron chi connectivity index (χ0n) is 8.57. The molecule has 0 bridgehead atoms. The Kier molecular flexibility index (Phi) is 4.24. The average Bonchev–Trinajstić information content (AvgIpc) is 2.21. The molecule has 3 nitrogen and oxygen atoms in total. The van der Waals surface area contributed by atoms with Crippen LogP contribution >= 0.6 is 0 Å². The van der Waals surface area contributed by atoms with Gasteiger partial charge >= 0.3 is 5.97 Å². The smallest absolute Gasteiger partial charge is 0.307 e. The van der Waals surface area contributed by atoms with Crippen molar-refractivity contribution in [2.24, 2.45) is 5.73 Å². The molecule has 0 fully saturated rings. The van der Waals surface area contributed by atoms with Crippen LogP contribution in [0.5, 0.6) is 0 Å². The van der Waals surface area contributed by atoms with Crippen molar-refractivity contribution in [1.29, 1.82) is 0 Å². The number of esters is 1. The van der Waals surface area contributed by atoms with Gasteiger partial charge in [-0.15, -0.1) is 0 Å². The summed E-state index contributed by atoms with van der Waals surface area (Å²) in [6.07, 6.45) is 0.712. The van der Waals surface area contributed by atoms with Crippen molar-refractivity contribution in [1.82, 2.24) is 0 Å². The fraction of sp³-hybridized carbons (Fsp3) is 0.364. The zero-order valence-corrected chi connectivity index (χ0v) is 8.57. The summed E-state index contributed by atoms with van der Waals surface area (Å²) in [5, 5.41) is 0. The van der Waals surface area contributed by atoms with Gasteiger partial charge in [0, 0.05) is 6.04 Å². The topological polar surface area (TPSA) is 52.3 Å². The van der Waals surface area contributed by atoms with E-state index in [1.165, 1.54) is 19.2 Å². The first kappa shape index (κ1) is 11.7. The molecule has 0 radical (unpaired) electrons. The zero-order chi connectivity index (χ0) is 11.3.